The molecule has 1 saturated heterocycles. The van der Waals surface area contributed by atoms with Crippen LogP contribution in [0, 0.1) is 0 Å². The Balaban J connectivity index is 2.51. The summed E-state index contributed by atoms with van der Waals surface area (Å²) in [5, 5.41) is 0. The third kappa shape index (κ3) is 1.05. The first-order valence-corrected chi connectivity index (χ1v) is 3.21. The van der Waals surface area contributed by atoms with Crippen LogP contribution >= 0.6 is 0 Å². The smallest absolute Gasteiger partial charge is 0.222 e. The summed E-state index contributed by atoms with van der Waals surface area (Å²) in [5.41, 5.74) is 5.39. The van der Waals surface area contributed by atoms with Crippen molar-refractivity contribution in [3.8, 4) is 0 Å². The second-order valence-corrected chi connectivity index (χ2v) is 2.43. The Morgan fingerprint density at radius 1 is 1.89 bits per heavy atom. The van der Waals surface area contributed by atoms with E-state index >= 15 is 0 Å². The molecule has 1 rings (SSSR count). The van der Waals surface area contributed by atoms with Gasteiger partial charge in [-0.25, -0.2) is 0 Å². The minimum atomic E-state index is 0.227. The molecule has 1 aliphatic heterocycles. The van der Waals surface area contributed by atoms with Crippen LogP contribution in [0.3, 0.4) is 0 Å². The van der Waals surface area contributed by atoms with E-state index in [1.807, 2.05) is 7.05 Å². The molecular weight excluding hydrogens is 116 g/mol. The topological polar surface area (TPSA) is 46.3 Å². The van der Waals surface area contributed by atoms with E-state index in [-0.39, 0.29) is 5.91 Å². The number of nitrogens with zero attached hydrogens (tertiary/aromatic N) is 1. The summed E-state index contributed by atoms with van der Waals surface area (Å²) in [6.07, 6.45) is 1.62. The lowest BCUT2D eigenvalue weighted by molar-refractivity contribution is -0.127. The third-order valence-electron chi connectivity index (χ3n) is 1.90. The van der Waals surface area contributed by atoms with Crippen LogP contribution in [0.5, 0.6) is 0 Å². The van der Waals surface area contributed by atoms with Gasteiger partial charge < -0.3 is 10.6 Å². The number of rotatable bonds is 1. The van der Waals surface area contributed by atoms with Gasteiger partial charge in [-0.15, -0.1) is 0 Å². The molecule has 1 fully saturated rings. The van der Waals surface area contributed by atoms with Gasteiger partial charge in [0.05, 0.1) is 0 Å². The van der Waals surface area contributed by atoms with E-state index in [1.54, 1.807) is 4.90 Å². The maximum atomic E-state index is 10.8. The van der Waals surface area contributed by atoms with Gasteiger partial charge in [-0.3, -0.25) is 4.79 Å². The maximum Gasteiger partial charge on any atom is 0.222 e. The summed E-state index contributed by atoms with van der Waals surface area (Å²) < 4.78 is 0. The van der Waals surface area contributed by atoms with E-state index in [9.17, 15) is 4.79 Å². The first-order valence-electron chi connectivity index (χ1n) is 3.21. The Kier molecular flexibility index (Phi) is 1.71. The average Bonchev–Trinajstić information content (AvgIpc) is 2.15. The van der Waals surface area contributed by atoms with Crippen LogP contribution in [0.15, 0.2) is 0 Å². The molecule has 1 amide bonds. The highest BCUT2D eigenvalue weighted by atomic mass is 16.2. The van der Waals surface area contributed by atoms with Gasteiger partial charge in [-0.2, -0.15) is 0 Å². The monoisotopic (exact) mass is 128 g/mol. The van der Waals surface area contributed by atoms with Crippen LogP contribution < -0.4 is 5.73 Å². The third-order valence-corrected chi connectivity index (χ3v) is 1.90. The Hall–Kier alpha value is -0.570. The molecule has 1 unspecified atom stereocenters. The summed E-state index contributed by atoms with van der Waals surface area (Å²) in [5.74, 6) is 0.227. The molecule has 0 spiro atoms. The van der Waals surface area contributed by atoms with Crippen molar-refractivity contribution in [2.24, 2.45) is 5.73 Å². The van der Waals surface area contributed by atoms with Crippen molar-refractivity contribution in [2.45, 2.75) is 18.9 Å². The van der Waals surface area contributed by atoms with Gasteiger partial charge >= 0.3 is 0 Å². The fraction of sp³-hybridized carbons (Fsp3) is 0.833. The highest BCUT2D eigenvalue weighted by Gasteiger charge is 2.25. The number of likely N-dealkylation sites (N-methyl/N-ethyl adjacent to an activating group) is 1. The molecule has 3 heteroatoms. The Labute approximate surface area is 54.8 Å². The molecule has 1 atom stereocenters. The maximum absolute atomic E-state index is 10.8. The fourth-order valence-corrected chi connectivity index (χ4v) is 1.14. The molecule has 0 radical (unpaired) electrons. The van der Waals surface area contributed by atoms with Crippen molar-refractivity contribution >= 4 is 5.91 Å². The van der Waals surface area contributed by atoms with Gasteiger partial charge in [0.25, 0.3) is 0 Å². The first kappa shape index (κ1) is 6.55. The molecule has 0 aromatic rings. The van der Waals surface area contributed by atoms with E-state index in [0.717, 1.165) is 6.42 Å². The Bertz CT molecular complexity index is 124. The quantitative estimate of drug-likeness (QED) is 0.520. The summed E-state index contributed by atoms with van der Waals surface area (Å²) in [7, 11) is 1.81. The van der Waals surface area contributed by atoms with Crippen molar-refractivity contribution in [2.75, 3.05) is 13.6 Å². The van der Waals surface area contributed by atoms with Gasteiger partial charge in [0.15, 0.2) is 0 Å². The molecule has 0 bridgehead atoms. The molecule has 0 aliphatic carbocycles. The van der Waals surface area contributed by atoms with Crippen LogP contribution in [0.1, 0.15) is 12.8 Å². The number of carbonyl (C=O) groups excluding carboxylic acids is 1. The van der Waals surface area contributed by atoms with Crippen LogP contribution in [0.4, 0.5) is 0 Å². The number of hydrogen-bond acceptors (Lipinski definition) is 2. The predicted octanol–water partition coefficient (Wildman–Crippen LogP) is -0.434. The zero-order valence-corrected chi connectivity index (χ0v) is 5.63. The number of likely N-dealkylation sites (tertiary alicyclic amines) is 1. The Morgan fingerprint density at radius 2 is 2.56 bits per heavy atom. The molecule has 52 valence electrons. The lowest BCUT2D eigenvalue weighted by atomic mass is 10.2. The van der Waals surface area contributed by atoms with E-state index < -0.39 is 0 Å². The molecule has 0 saturated carbocycles. The lowest BCUT2D eigenvalue weighted by Gasteiger charge is -2.16. The summed E-state index contributed by atoms with van der Waals surface area (Å²) in [6, 6.07) is 0.303. The molecule has 0 aromatic carbocycles. The van der Waals surface area contributed by atoms with Crippen LogP contribution in [0.2, 0.25) is 0 Å². The molecule has 2 N–H and O–H groups in total. The normalized spacial score (nSPS) is 27.6. The SMILES string of the molecule is CN1C(=O)CCC1CN. The molecule has 1 heterocycles. The predicted molar refractivity (Wildman–Crippen MR) is 34.8 cm³/mol. The summed E-state index contributed by atoms with van der Waals surface area (Å²) in [6.45, 7) is 0.599. The molecule has 1 aliphatic rings. The first-order chi connectivity index (χ1) is 4.25. The standard InChI is InChI=1S/C6H12N2O/c1-8-5(4-7)2-3-6(8)9/h5H,2-4,7H2,1H3. The van der Waals surface area contributed by atoms with E-state index in [2.05, 4.69) is 0 Å². The van der Waals surface area contributed by atoms with Crippen molar-refractivity contribution in [3.63, 3.8) is 0 Å². The van der Waals surface area contributed by atoms with Gasteiger partial charge in [-0.1, -0.05) is 0 Å². The minimum absolute atomic E-state index is 0.227. The second kappa shape index (κ2) is 2.35. The largest absolute Gasteiger partial charge is 0.341 e. The van der Waals surface area contributed by atoms with Crippen LogP contribution in [-0.2, 0) is 4.79 Å². The highest BCUT2D eigenvalue weighted by molar-refractivity contribution is 5.78. The van der Waals surface area contributed by atoms with Crippen molar-refractivity contribution in [1.82, 2.24) is 4.90 Å². The highest BCUT2D eigenvalue weighted by Crippen LogP contribution is 2.14. The number of hydrogen-bond donors (Lipinski definition) is 1. The van der Waals surface area contributed by atoms with Crippen molar-refractivity contribution in [1.29, 1.82) is 0 Å². The summed E-state index contributed by atoms with van der Waals surface area (Å²) in [4.78, 5) is 12.5. The molecular formula is C6H12N2O. The zero-order chi connectivity index (χ0) is 6.85. The Morgan fingerprint density at radius 3 is 2.78 bits per heavy atom. The second-order valence-electron chi connectivity index (χ2n) is 2.43. The number of amides is 1. The minimum Gasteiger partial charge on any atom is -0.341 e. The average molecular weight is 128 g/mol. The van der Waals surface area contributed by atoms with Crippen LogP contribution in [-0.4, -0.2) is 30.4 Å². The van der Waals surface area contributed by atoms with Gasteiger partial charge in [-0.05, 0) is 6.42 Å². The summed E-state index contributed by atoms with van der Waals surface area (Å²) >= 11 is 0. The van der Waals surface area contributed by atoms with E-state index in [0.29, 0.717) is 19.0 Å². The van der Waals surface area contributed by atoms with Crippen molar-refractivity contribution < 1.29 is 4.79 Å². The van der Waals surface area contributed by atoms with E-state index in [1.165, 1.54) is 0 Å². The number of nitrogens with two attached hydrogens (primary N) is 1. The molecule has 9 heavy (non-hydrogen) atoms. The van der Waals surface area contributed by atoms with Crippen LogP contribution in [0.25, 0.3) is 0 Å². The van der Waals surface area contributed by atoms with Gasteiger partial charge in [0, 0.05) is 26.1 Å². The number of carbonyl (C=O) groups is 1. The van der Waals surface area contributed by atoms with Gasteiger partial charge in [0.2, 0.25) is 5.91 Å². The van der Waals surface area contributed by atoms with Gasteiger partial charge in [0.1, 0.15) is 0 Å². The molecule has 3 nitrogen and oxygen atoms in total. The van der Waals surface area contributed by atoms with Crippen molar-refractivity contribution in [3.05, 3.63) is 0 Å². The molecule has 0 aromatic heterocycles. The zero-order valence-electron chi connectivity index (χ0n) is 5.63. The lowest BCUT2D eigenvalue weighted by Crippen LogP contribution is -2.34. The van der Waals surface area contributed by atoms with E-state index in [4.69, 9.17) is 5.73 Å². The fourth-order valence-electron chi connectivity index (χ4n) is 1.14.